The van der Waals surface area contributed by atoms with Crippen LogP contribution in [0, 0.1) is 0 Å². The first-order valence-electron chi connectivity index (χ1n) is 7.31. The van der Waals surface area contributed by atoms with E-state index in [0.29, 0.717) is 0 Å². The Hall–Kier alpha value is -0.200. The molecule has 5 nitrogen and oxygen atoms in total. The molecule has 2 fully saturated rings. The Morgan fingerprint density at radius 3 is 1.89 bits per heavy atom. The molecule has 0 spiro atoms. The first-order valence-corrected chi connectivity index (χ1v) is 7.31. The van der Waals surface area contributed by atoms with Crippen LogP contribution in [0.1, 0.15) is 12.8 Å². The van der Waals surface area contributed by atoms with Crippen LogP contribution in [0.25, 0.3) is 0 Å². The molecular weight excluding hydrogens is 228 g/mol. The Morgan fingerprint density at radius 1 is 0.611 bits per heavy atom. The minimum absolute atomic E-state index is 0.788. The lowest BCUT2D eigenvalue weighted by atomic mass is 10.2. The van der Waals surface area contributed by atoms with E-state index < -0.39 is 0 Å². The first-order chi connectivity index (χ1) is 8.74. The van der Waals surface area contributed by atoms with E-state index in [-0.39, 0.29) is 0 Å². The van der Waals surface area contributed by atoms with Gasteiger partial charge in [-0.1, -0.05) is 0 Å². The summed E-state index contributed by atoms with van der Waals surface area (Å²) < 4.78 is 0. The second-order valence-corrected chi connectivity index (χ2v) is 5.65. The van der Waals surface area contributed by atoms with Crippen molar-refractivity contribution < 1.29 is 5.21 Å². The second kappa shape index (κ2) is 7.40. The zero-order valence-corrected chi connectivity index (χ0v) is 11.7. The van der Waals surface area contributed by atoms with Crippen LogP contribution >= 0.6 is 0 Å². The van der Waals surface area contributed by atoms with Crippen molar-refractivity contribution >= 4 is 0 Å². The summed E-state index contributed by atoms with van der Waals surface area (Å²) in [5.74, 6) is 0. The number of hydroxylamine groups is 2. The highest BCUT2D eigenvalue weighted by Crippen LogP contribution is 2.04. The summed E-state index contributed by atoms with van der Waals surface area (Å²) >= 11 is 0. The molecule has 2 bridgehead atoms. The van der Waals surface area contributed by atoms with Gasteiger partial charge in [0.15, 0.2) is 0 Å². The van der Waals surface area contributed by atoms with Gasteiger partial charge in [-0.2, -0.15) is 5.06 Å². The van der Waals surface area contributed by atoms with Crippen molar-refractivity contribution in [3.8, 4) is 0 Å². The Bertz CT molecular complexity index is 215. The maximum Gasteiger partial charge on any atom is 0.0365 e. The molecule has 2 aliphatic rings. The van der Waals surface area contributed by atoms with E-state index in [1.807, 2.05) is 0 Å². The van der Waals surface area contributed by atoms with Crippen molar-refractivity contribution in [2.75, 3.05) is 72.5 Å². The number of likely N-dealkylation sites (N-methyl/N-ethyl adjacent to an activating group) is 1. The van der Waals surface area contributed by atoms with Gasteiger partial charge in [0.25, 0.3) is 0 Å². The quantitative estimate of drug-likeness (QED) is 0.661. The fraction of sp³-hybridized carbons (Fsp3) is 1.00. The van der Waals surface area contributed by atoms with Crippen molar-refractivity contribution in [2.45, 2.75) is 12.8 Å². The monoisotopic (exact) mass is 256 g/mol. The molecule has 2 heterocycles. The molecule has 2 rings (SSSR count). The molecule has 2 aliphatic heterocycles. The molecule has 0 amide bonds. The van der Waals surface area contributed by atoms with Gasteiger partial charge in [-0.05, 0) is 39.5 Å². The average Bonchev–Trinajstić information content (AvgIpc) is 2.37. The van der Waals surface area contributed by atoms with Crippen LogP contribution in [0.15, 0.2) is 0 Å². The number of hydrogen-bond donors (Lipinski definition) is 1. The molecule has 1 N–H and O–H groups in total. The molecule has 0 aliphatic carbocycles. The summed E-state index contributed by atoms with van der Waals surface area (Å²) in [6.07, 6.45) is 2.31. The third-order valence-corrected chi connectivity index (χ3v) is 4.11. The third kappa shape index (κ3) is 4.82. The molecular formula is C13H28N4O. The van der Waals surface area contributed by atoms with Crippen molar-refractivity contribution in [1.29, 1.82) is 0 Å². The van der Waals surface area contributed by atoms with Gasteiger partial charge in [0.1, 0.15) is 0 Å². The highest BCUT2D eigenvalue weighted by atomic mass is 16.5. The van der Waals surface area contributed by atoms with Gasteiger partial charge in [0.05, 0.1) is 0 Å². The molecule has 2 saturated heterocycles. The van der Waals surface area contributed by atoms with E-state index in [1.165, 1.54) is 31.1 Å². The van der Waals surface area contributed by atoms with Crippen molar-refractivity contribution in [1.82, 2.24) is 19.8 Å². The van der Waals surface area contributed by atoms with E-state index in [4.69, 9.17) is 0 Å². The Labute approximate surface area is 111 Å². The molecule has 0 aromatic carbocycles. The van der Waals surface area contributed by atoms with Crippen LogP contribution in [0.2, 0.25) is 0 Å². The van der Waals surface area contributed by atoms with Crippen LogP contribution in [0.5, 0.6) is 0 Å². The van der Waals surface area contributed by atoms with Crippen LogP contribution in [0.3, 0.4) is 0 Å². The molecule has 0 radical (unpaired) electrons. The Morgan fingerprint density at radius 2 is 1.17 bits per heavy atom. The van der Waals surface area contributed by atoms with Gasteiger partial charge in [-0.3, -0.25) is 0 Å². The van der Waals surface area contributed by atoms with Gasteiger partial charge in [-0.15, -0.1) is 0 Å². The number of hydrogen-bond acceptors (Lipinski definition) is 5. The third-order valence-electron chi connectivity index (χ3n) is 4.11. The first kappa shape index (κ1) is 14.2. The lowest BCUT2D eigenvalue weighted by molar-refractivity contribution is -0.0987. The van der Waals surface area contributed by atoms with Crippen LogP contribution < -0.4 is 0 Å². The summed E-state index contributed by atoms with van der Waals surface area (Å²) in [4.78, 5) is 7.50. The van der Waals surface area contributed by atoms with Gasteiger partial charge in [-0.25, -0.2) is 0 Å². The highest BCUT2D eigenvalue weighted by Gasteiger charge is 2.15. The lowest BCUT2D eigenvalue weighted by Gasteiger charge is -2.33. The van der Waals surface area contributed by atoms with Crippen molar-refractivity contribution in [3.63, 3.8) is 0 Å². The lowest BCUT2D eigenvalue weighted by Crippen LogP contribution is -2.45. The number of fused-ring (bicyclic) bond motifs is 3. The minimum Gasteiger partial charge on any atom is -0.314 e. The Kier molecular flexibility index (Phi) is 5.85. The van der Waals surface area contributed by atoms with Gasteiger partial charge in [0, 0.05) is 45.8 Å². The number of nitrogens with zero attached hydrogens (tertiary/aromatic N) is 4. The smallest absolute Gasteiger partial charge is 0.0365 e. The molecule has 0 aromatic heterocycles. The topological polar surface area (TPSA) is 33.2 Å². The molecule has 18 heavy (non-hydrogen) atoms. The maximum absolute atomic E-state index is 9.77. The normalized spacial score (nSPS) is 34.3. The summed E-state index contributed by atoms with van der Waals surface area (Å²) in [6, 6.07) is 0. The van der Waals surface area contributed by atoms with Gasteiger partial charge < -0.3 is 19.9 Å². The van der Waals surface area contributed by atoms with E-state index >= 15 is 0 Å². The van der Waals surface area contributed by atoms with Crippen LogP contribution in [0.4, 0.5) is 0 Å². The van der Waals surface area contributed by atoms with Gasteiger partial charge >= 0.3 is 0 Å². The SMILES string of the molecule is CN1CCCN2CCN(O)CCCN(CC1)CC2. The summed E-state index contributed by atoms with van der Waals surface area (Å²) in [5.41, 5.74) is 0. The minimum atomic E-state index is 0.788. The van der Waals surface area contributed by atoms with E-state index in [9.17, 15) is 5.21 Å². The van der Waals surface area contributed by atoms with Crippen LogP contribution in [-0.4, -0.2) is 97.5 Å². The summed E-state index contributed by atoms with van der Waals surface area (Å²) in [6.45, 7) is 10.7. The molecule has 2 atom stereocenters. The van der Waals surface area contributed by atoms with E-state index in [1.54, 1.807) is 0 Å². The fourth-order valence-electron chi connectivity index (χ4n) is 2.79. The number of rotatable bonds is 0. The highest BCUT2D eigenvalue weighted by molar-refractivity contribution is 4.71. The molecule has 106 valence electrons. The van der Waals surface area contributed by atoms with Crippen molar-refractivity contribution in [2.24, 2.45) is 0 Å². The zero-order chi connectivity index (χ0) is 12.8. The summed E-state index contributed by atoms with van der Waals surface area (Å²) in [7, 11) is 2.23. The maximum atomic E-state index is 9.77. The average molecular weight is 256 g/mol. The van der Waals surface area contributed by atoms with Crippen LogP contribution in [-0.2, 0) is 0 Å². The fourth-order valence-corrected chi connectivity index (χ4v) is 2.79. The Balaban J connectivity index is 1.95. The molecule has 5 heteroatoms. The standard InChI is InChI=1S/C13H28N4O/c1-14-4-2-5-16-11-10-15(9-8-14)6-3-7-17(18)13-12-16/h18H,2-13H2,1H3. The molecule has 0 aromatic rings. The molecule has 2 unspecified atom stereocenters. The molecule has 0 saturated carbocycles. The van der Waals surface area contributed by atoms with Gasteiger partial charge in [0.2, 0.25) is 0 Å². The predicted molar refractivity (Wildman–Crippen MR) is 73.0 cm³/mol. The van der Waals surface area contributed by atoms with Crippen molar-refractivity contribution in [3.05, 3.63) is 0 Å². The summed E-state index contributed by atoms with van der Waals surface area (Å²) in [5, 5.41) is 11.3. The second-order valence-electron chi connectivity index (χ2n) is 5.65. The predicted octanol–water partition coefficient (Wildman–Crippen LogP) is 0.0208. The largest absolute Gasteiger partial charge is 0.314 e. The van der Waals surface area contributed by atoms with E-state index in [0.717, 1.165) is 52.2 Å². The zero-order valence-electron chi connectivity index (χ0n) is 11.7. The van der Waals surface area contributed by atoms with E-state index in [2.05, 4.69) is 21.7 Å².